The molecule has 1 heterocycles. The van der Waals surface area contributed by atoms with Crippen molar-refractivity contribution in [3.63, 3.8) is 0 Å². The lowest BCUT2D eigenvalue weighted by molar-refractivity contribution is 0.479. The fourth-order valence-electron chi connectivity index (χ4n) is 1.92. The molecule has 0 amide bonds. The van der Waals surface area contributed by atoms with Gasteiger partial charge in [0, 0.05) is 6.07 Å². The highest BCUT2D eigenvalue weighted by molar-refractivity contribution is 5.82. The Kier molecular flexibility index (Phi) is 2.38. The van der Waals surface area contributed by atoms with Gasteiger partial charge in [-0.1, -0.05) is 6.07 Å². The van der Waals surface area contributed by atoms with Gasteiger partial charge in [-0.3, -0.25) is 0 Å². The molecule has 0 atom stereocenters. The summed E-state index contributed by atoms with van der Waals surface area (Å²) in [6.45, 7) is 0. The van der Waals surface area contributed by atoms with E-state index in [1.807, 2.05) is 0 Å². The van der Waals surface area contributed by atoms with Crippen LogP contribution in [0.15, 0.2) is 30.3 Å². The number of benzene rings is 2. The molecular weight excluding hydrogens is 252 g/mol. The van der Waals surface area contributed by atoms with Crippen molar-refractivity contribution < 1.29 is 13.9 Å². The minimum atomic E-state index is -0.763. The van der Waals surface area contributed by atoms with Crippen LogP contribution in [0.25, 0.3) is 22.4 Å². The topological polar surface area (TPSA) is 74.9 Å². The van der Waals surface area contributed by atoms with E-state index in [0.717, 1.165) is 12.1 Å². The van der Waals surface area contributed by atoms with E-state index in [1.165, 1.54) is 6.07 Å². The lowest BCUT2D eigenvalue weighted by Gasteiger charge is -2.03. The molecule has 96 valence electrons. The Morgan fingerprint density at radius 3 is 2.79 bits per heavy atom. The maximum Gasteiger partial charge on any atom is 0.153 e. The molecule has 3 rings (SSSR count). The zero-order chi connectivity index (χ0) is 13.6. The summed E-state index contributed by atoms with van der Waals surface area (Å²) in [6.07, 6.45) is 0. The van der Waals surface area contributed by atoms with Crippen molar-refractivity contribution in [2.45, 2.75) is 0 Å². The summed E-state index contributed by atoms with van der Waals surface area (Å²) >= 11 is 0. The number of para-hydroxylation sites is 1. The second-order valence-corrected chi connectivity index (χ2v) is 4.11. The first-order valence-corrected chi connectivity index (χ1v) is 5.49. The van der Waals surface area contributed by atoms with Gasteiger partial charge in [0.25, 0.3) is 0 Å². The normalized spacial score (nSPS) is 11.1. The van der Waals surface area contributed by atoms with Crippen molar-refractivity contribution in [2.75, 3.05) is 5.73 Å². The third-order valence-electron chi connectivity index (χ3n) is 2.83. The Morgan fingerprint density at radius 2 is 2.00 bits per heavy atom. The van der Waals surface area contributed by atoms with Gasteiger partial charge in [-0.05, 0) is 18.2 Å². The van der Waals surface area contributed by atoms with Gasteiger partial charge < -0.3 is 15.8 Å². The van der Waals surface area contributed by atoms with Crippen molar-refractivity contribution in [3.05, 3.63) is 42.0 Å². The molecule has 19 heavy (non-hydrogen) atoms. The smallest absolute Gasteiger partial charge is 0.153 e. The van der Waals surface area contributed by atoms with Crippen LogP contribution in [0.3, 0.4) is 0 Å². The molecule has 0 bridgehead atoms. The van der Waals surface area contributed by atoms with Gasteiger partial charge in [-0.15, -0.1) is 0 Å². The third-order valence-corrected chi connectivity index (χ3v) is 2.83. The Hall–Kier alpha value is -2.63. The average Bonchev–Trinajstić information content (AvgIpc) is 2.76. The zero-order valence-electron chi connectivity index (χ0n) is 9.61. The summed E-state index contributed by atoms with van der Waals surface area (Å²) in [4.78, 5) is 6.77. The number of anilines is 1. The van der Waals surface area contributed by atoms with Gasteiger partial charge in [0.2, 0.25) is 0 Å². The van der Waals surface area contributed by atoms with Crippen LogP contribution in [-0.4, -0.2) is 15.1 Å². The first kappa shape index (κ1) is 11.5. The number of aromatic amines is 1. The number of aromatic nitrogens is 2. The summed E-state index contributed by atoms with van der Waals surface area (Å²) in [7, 11) is 0. The molecule has 0 saturated heterocycles. The number of fused-ring (bicyclic) bond motifs is 1. The number of rotatable bonds is 1. The number of imidazole rings is 1. The zero-order valence-corrected chi connectivity index (χ0v) is 9.61. The second kappa shape index (κ2) is 3.94. The van der Waals surface area contributed by atoms with E-state index in [9.17, 15) is 13.9 Å². The average molecular weight is 261 g/mol. The molecule has 0 aliphatic heterocycles. The van der Waals surface area contributed by atoms with Crippen LogP contribution in [0.5, 0.6) is 5.75 Å². The lowest BCUT2D eigenvalue weighted by atomic mass is 10.1. The number of nitrogens with two attached hydrogens (primary N) is 1. The predicted molar refractivity (Wildman–Crippen MR) is 67.5 cm³/mol. The molecule has 4 N–H and O–H groups in total. The van der Waals surface area contributed by atoms with Crippen molar-refractivity contribution in [1.29, 1.82) is 0 Å². The summed E-state index contributed by atoms with van der Waals surface area (Å²) in [5, 5.41) is 9.85. The van der Waals surface area contributed by atoms with Gasteiger partial charge in [0.15, 0.2) is 5.82 Å². The predicted octanol–water partition coefficient (Wildman–Crippen LogP) is 2.80. The van der Waals surface area contributed by atoms with Gasteiger partial charge in [-0.2, -0.15) is 0 Å². The molecule has 0 spiro atoms. The number of nitrogens with zero attached hydrogens (tertiary/aromatic N) is 1. The quantitative estimate of drug-likeness (QED) is 0.465. The van der Waals surface area contributed by atoms with E-state index in [-0.39, 0.29) is 28.3 Å². The first-order chi connectivity index (χ1) is 9.06. The molecule has 3 aromatic rings. The Morgan fingerprint density at radius 1 is 1.21 bits per heavy atom. The van der Waals surface area contributed by atoms with Gasteiger partial charge >= 0.3 is 0 Å². The summed E-state index contributed by atoms with van der Waals surface area (Å²) < 4.78 is 26.6. The van der Waals surface area contributed by atoms with Crippen molar-refractivity contribution in [2.24, 2.45) is 0 Å². The van der Waals surface area contributed by atoms with Crippen LogP contribution in [0.4, 0.5) is 14.5 Å². The van der Waals surface area contributed by atoms with E-state index in [1.54, 1.807) is 12.1 Å². The van der Waals surface area contributed by atoms with Crippen LogP contribution < -0.4 is 5.73 Å². The highest BCUT2D eigenvalue weighted by Crippen LogP contribution is 2.33. The van der Waals surface area contributed by atoms with Crippen LogP contribution >= 0.6 is 0 Å². The van der Waals surface area contributed by atoms with E-state index in [4.69, 9.17) is 5.73 Å². The number of hydrogen-bond donors (Lipinski definition) is 3. The van der Waals surface area contributed by atoms with Gasteiger partial charge in [0.1, 0.15) is 22.9 Å². The molecule has 2 aromatic carbocycles. The first-order valence-electron chi connectivity index (χ1n) is 5.49. The highest BCUT2D eigenvalue weighted by Gasteiger charge is 2.14. The summed E-state index contributed by atoms with van der Waals surface area (Å²) in [5.74, 6) is -1.38. The van der Waals surface area contributed by atoms with E-state index in [2.05, 4.69) is 9.97 Å². The standard InChI is InChI=1S/C13H9F2N3O/c14-6-4-8(15)11-10(5-6)17-13(18-11)7-2-1-3-9(16)12(7)19/h1-5,19H,16H2,(H,17,18). The van der Waals surface area contributed by atoms with Crippen LogP contribution in [0.1, 0.15) is 0 Å². The number of H-pyrrole nitrogens is 1. The second-order valence-electron chi connectivity index (χ2n) is 4.11. The van der Waals surface area contributed by atoms with E-state index >= 15 is 0 Å². The maximum atomic E-state index is 13.5. The van der Waals surface area contributed by atoms with Crippen molar-refractivity contribution >= 4 is 16.7 Å². The number of halogens is 2. The largest absolute Gasteiger partial charge is 0.505 e. The maximum absolute atomic E-state index is 13.5. The fourth-order valence-corrected chi connectivity index (χ4v) is 1.92. The van der Waals surface area contributed by atoms with Crippen LogP contribution in [-0.2, 0) is 0 Å². The van der Waals surface area contributed by atoms with E-state index in [0.29, 0.717) is 5.56 Å². The van der Waals surface area contributed by atoms with Crippen LogP contribution in [0.2, 0.25) is 0 Å². The molecule has 4 nitrogen and oxygen atoms in total. The number of aromatic hydroxyl groups is 1. The monoisotopic (exact) mass is 261 g/mol. The molecule has 1 aromatic heterocycles. The molecule has 0 radical (unpaired) electrons. The summed E-state index contributed by atoms with van der Waals surface area (Å²) in [5.41, 5.74) is 6.32. The summed E-state index contributed by atoms with van der Waals surface area (Å²) in [6, 6.07) is 6.64. The minimum Gasteiger partial charge on any atom is -0.505 e. The number of nitrogens with one attached hydrogen (secondary N) is 1. The molecule has 0 fully saturated rings. The fraction of sp³-hybridized carbons (Fsp3) is 0. The lowest BCUT2D eigenvalue weighted by Crippen LogP contribution is -1.88. The molecule has 0 aliphatic carbocycles. The Bertz CT molecular complexity index is 783. The minimum absolute atomic E-state index is 0.0122. The van der Waals surface area contributed by atoms with Crippen molar-refractivity contribution in [1.82, 2.24) is 9.97 Å². The van der Waals surface area contributed by atoms with E-state index < -0.39 is 11.6 Å². The number of phenols is 1. The van der Waals surface area contributed by atoms with Gasteiger partial charge in [-0.25, -0.2) is 13.8 Å². The SMILES string of the molecule is Nc1cccc(-c2nc3c(F)cc(F)cc3[nH]2)c1O. The number of hydrogen-bond acceptors (Lipinski definition) is 3. The molecule has 0 unspecified atom stereocenters. The number of nitrogen functional groups attached to an aromatic ring is 1. The molecule has 0 aliphatic rings. The molecule has 0 saturated carbocycles. The Balaban J connectivity index is 2.26. The van der Waals surface area contributed by atoms with Gasteiger partial charge in [0.05, 0.1) is 16.8 Å². The van der Waals surface area contributed by atoms with Crippen molar-refractivity contribution in [3.8, 4) is 17.1 Å². The van der Waals surface area contributed by atoms with Crippen LogP contribution in [0, 0.1) is 11.6 Å². The third kappa shape index (κ3) is 1.77. The molecule has 6 heteroatoms. The molecular formula is C13H9F2N3O. The highest BCUT2D eigenvalue weighted by atomic mass is 19.1. The Labute approximate surface area is 106 Å². The number of phenolic OH excluding ortho intramolecular Hbond substituents is 1.